The minimum absolute atomic E-state index is 0.123. The summed E-state index contributed by atoms with van der Waals surface area (Å²) < 4.78 is 2.51. The van der Waals surface area contributed by atoms with Gasteiger partial charge in [-0.2, -0.15) is 0 Å². The zero-order chi connectivity index (χ0) is 20.0. The number of benzene rings is 2. The van der Waals surface area contributed by atoms with E-state index in [9.17, 15) is 4.79 Å². The number of Topliss-reactive ketones (excluding diaryl/α,β-unsaturated/α-hetero) is 1. The predicted octanol–water partition coefficient (Wildman–Crippen LogP) is 4.48. The highest BCUT2D eigenvalue weighted by Crippen LogP contribution is 2.34. The second-order valence-corrected chi connectivity index (χ2v) is 8.65. The normalized spacial score (nSPS) is 17.1. The predicted molar refractivity (Wildman–Crippen MR) is 119 cm³/mol. The van der Waals surface area contributed by atoms with Crippen LogP contribution in [0.5, 0.6) is 0 Å². The number of aromatic nitrogens is 1. The smallest absolute Gasteiger partial charge is 0.159 e. The number of fused-ring (bicyclic) bond motifs is 3. The summed E-state index contributed by atoms with van der Waals surface area (Å²) in [5.41, 5.74) is 7.71. The number of anilines is 1. The molecule has 0 N–H and O–H groups in total. The Balaban J connectivity index is 1.57. The first kappa shape index (κ1) is 18.4. The van der Waals surface area contributed by atoms with Gasteiger partial charge in [-0.3, -0.25) is 4.79 Å². The van der Waals surface area contributed by atoms with Crippen LogP contribution in [0, 0.1) is 0 Å². The molecule has 29 heavy (non-hydrogen) atoms. The average molecular weight is 388 g/mol. The molecule has 0 saturated carbocycles. The number of ketones is 1. The molecule has 0 radical (unpaired) electrons. The fourth-order valence-corrected chi connectivity index (χ4v) is 4.95. The SMILES string of the molecule is CC(=O)c1ccc(Cn2c3c(c4cc(N5CCCC5)ccc42)CN(C)CC3)cc1. The van der Waals surface area contributed by atoms with Crippen LogP contribution in [0.4, 0.5) is 5.69 Å². The van der Waals surface area contributed by atoms with Crippen LogP contribution in [-0.2, 0) is 19.5 Å². The van der Waals surface area contributed by atoms with E-state index in [0.717, 1.165) is 31.6 Å². The van der Waals surface area contributed by atoms with Crippen molar-refractivity contribution in [3.8, 4) is 0 Å². The zero-order valence-electron chi connectivity index (χ0n) is 17.4. The summed E-state index contributed by atoms with van der Waals surface area (Å²) in [4.78, 5) is 16.5. The Labute approximate surface area is 172 Å². The third-order valence-corrected chi connectivity index (χ3v) is 6.60. The summed E-state index contributed by atoms with van der Waals surface area (Å²) in [6.07, 6.45) is 3.69. The Morgan fingerprint density at radius 3 is 2.48 bits per heavy atom. The molecule has 1 saturated heterocycles. The van der Waals surface area contributed by atoms with Gasteiger partial charge in [0.15, 0.2) is 5.78 Å². The van der Waals surface area contributed by atoms with Gasteiger partial charge < -0.3 is 14.4 Å². The Morgan fingerprint density at radius 1 is 1.00 bits per heavy atom. The first-order chi connectivity index (χ1) is 14.1. The second kappa shape index (κ2) is 7.34. The molecule has 0 unspecified atom stereocenters. The van der Waals surface area contributed by atoms with Crippen LogP contribution < -0.4 is 4.90 Å². The van der Waals surface area contributed by atoms with Gasteiger partial charge in [0, 0.05) is 67.0 Å². The van der Waals surface area contributed by atoms with Gasteiger partial charge in [-0.25, -0.2) is 0 Å². The number of carbonyl (C=O) groups excluding carboxylic acids is 1. The lowest BCUT2D eigenvalue weighted by molar-refractivity contribution is 0.101. The molecule has 0 bridgehead atoms. The van der Waals surface area contributed by atoms with Crippen molar-refractivity contribution in [2.75, 3.05) is 31.6 Å². The number of nitrogens with zero attached hydrogens (tertiary/aromatic N) is 3. The minimum Gasteiger partial charge on any atom is -0.372 e. The molecule has 3 aromatic rings. The van der Waals surface area contributed by atoms with Crippen LogP contribution in [0.3, 0.4) is 0 Å². The van der Waals surface area contributed by atoms with Crippen LogP contribution in [-0.4, -0.2) is 41.9 Å². The fourth-order valence-electron chi connectivity index (χ4n) is 4.95. The Kier molecular flexibility index (Phi) is 4.67. The lowest BCUT2D eigenvalue weighted by Crippen LogP contribution is -2.27. The number of hydrogen-bond acceptors (Lipinski definition) is 3. The highest BCUT2D eigenvalue weighted by molar-refractivity contribution is 5.94. The van der Waals surface area contributed by atoms with Gasteiger partial charge in [0.05, 0.1) is 0 Å². The van der Waals surface area contributed by atoms with E-state index in [4.69, 9.17) is 0 Å². The molecule has 4 heteroatoms. The van der Waals surface area contributed by atoms with Crippen LogP contribution in [0.1, 0.15) is 46.9 Å². The fraction of sp³-hybridized carbons (Fsp3) is 0.400. The van der Waals surface area contributed by atoms with Crippen LogP contribution in [0.25, 0.3) is 10.9 Å². The zero-order valence-corrected chi connectivity index (χ0v) is 17.4. The maximum absolute atomic E-state index is 11.6. The Bertz CT molecular complexity index is 1060. The average Bonchev–Trinajstić information content (AvgIpc) is 3.36. The maximum Gasteiger partial charge on any atom is 0.159 e. The highest BCUT2D eigenvalue weighted by Gasteiger charge is 2.23. The van der Waals surface area contributed by atoms with Gasteiger partial charge >= 0.3 is 0 Å². The third-order valence-electron chi connectivity index (χ3n) is 6.60. The molecule has 0 amide bonds. The molecule has 0 atom stereocenters. The van der Waals surface area contributed by atoms with Gasteiger partial charge in [0.25, 0.3) is 0 Å². The largest absolute Gasteiger partial charge is 0.372 e. The molecule has 2 aliphatic heterocycles. The molecule has 1 aromatic heterocycles. The molecule has 0 spiro atoms. The molecular formula is C25H29N3O. The van der Waals surface area contributed by atoms with E-state index in [-0.39, 0.29) is 5.78 Å². The Hall–Kier alpha value is -2.59. The monoisotopic (exact) mass is 387 g/mol. The van der Waals surface area contributed by atoms with Crippen molar-refractivity contribution < 1.29 is 4.79 Å². The topological polar surface area (TPSA) is 28.5 Å². The standard InChI is InChI=1S/C25H29N3O/c1-18(29)20-7-5-19(6-8-20)16-28-24-10-9-21(27-12-3-4-13-27)15-22(24)23-17-26(2)14-11-25(23)28/h5-10,15H,3-4,11-14,16-17H2,1-2H3. The molecule has 4 nitrogen and oxygen atoms in total. The van der Waals surface area contributed by atoms with Crippen molar-refractivity contribution in [1.29, 1.82) is 0 Å². The van der Waals surface area contributed by atoms with Gasteiger partial charge in [0.2, 0.25) is 0 Å². The second-order valence-electron chi connectivity index (χ2n) is 8.65. The summed E-state index contributed by atoms with van der Waals surface area (Å²) in [5, 5.41) is 1.41. The summed E-state index contributed by atoms with van der Waals surface area (Å²) in [6.45, 7) is 6.96. The summed E-state index contributed by atoms with van der Waals surface area (Å²) in [5.74, 6) is 0.123. The van der Waals surface area contributed by atoms with Crippen molar-refractivity contribution >= 4 is 22.4 Å². The lowest BCUT2D eigenvalue weighted by Gasteiger charge is -2.24. The molecule has 2 aliphatic rings. The molecule has 2 aromatic carbocycles. The highest BCUT2D eigenvalue weighted by atomic mass is 16.1. The van der Waals surface area contributed by atoms with Crippen LogP contribution in [0.2, 0.25) is 0 Å². The number of carbonyl (C=O) groups is 1. The third kappa shape index (κ3) is 3.36. The summed E-state index contributed by atoms with van der Waals surface area (Å²) in [6, 6.07) is 15.2. The molecule has 1 fully saturated rings. The van der Waals surface area contributed by atoms with Crippen LogP contribution in [0.15, 0.2) is 42.5 Å². The first-order valence-electron chi connectivity index (χ1n) is 10.8. The van der Waals surface area contributed by atoms with Crippen molar-refractivity contribution in [3.05, 3.63) is 64.8 Å². The van der Waals surface area contributed by atoms with Crippen LogP contribution >= 0.6 is 0 Å². The number of rotatable bonds is 4. The molecular weight excluding hydrogens is 358 g/mol. The van der Waals surface area contributed by atoms with E-state index >= 15 is 0 Å². The van der Waals surface area contributed by atoms with Crippen molar-refractivity contribution in [1.82, 2.24) is 9.47 Å². The van der Waals surface area contributed by atoms with Crippen molar-refractivity contribution in [3.63, 3.8) is 0 Å². The lowest BCUT2D eigenvalue weighted by atomic mass is 10.0. The van der Waals surface area contributed by atoms with E-state index in [2.05, 4.69) is 51.7 Å². The molecule has 5 rings (SSSR count). The first-order valence-corrected chi connectivity index (χ1v) is 10.8. The molecule has 3 heterocycles. The van der Waals surface area contributed by atoms with E-state index in [1.807, 2.05) is 12.1 Å². The quantitative estimate of drug-likeness (QED) is 0.618. The summed E-state index contributed by atoms with van der Waals surface area (Å²) in [7, 11) is 2.22. The van der Waals surface area contributed by atoms with E-state index in [1.54, 1.807) is 6.92 Å². The van der Waals surface area contributed by atoms with Gasteiger partial charge in [0.1, 0.15) is 0 Å². The minimum atomic E-state index is 0.123. The van der Waals surface area contributed by atoms with E-state index in [0.29, 0.717) is 0 Å². The number of hydrogen-bond donors (Lipinski definition) is 0. The van der Waals surface area contributed by atoms with E-state index in [1.165, 1.54) is 59.3 Å². The molecule has 0 aliphatic carbocycles. The number of likely N-dealkylation sites (N-methyl/N-ethyl adjacent to an activating group) is 1. The van der Waals surface area contributed by atoms with Gasteiger partial charge in [-0.1, -0.05) is 24.3 Å². The van der Waals surface area contributed by atoms with Crippen molar-refractivity contribution in [2.24, 2.45) is 0 Å². The summed E-state index contributed by atoms with van der Waals surface area (Å²) >= 11 is 0. The maximum atomic E-state index is 11.6. The van der Waals surface area contributed by atoms with E-state index < -0.39 is 0 Å². The Morgan fingerprint density at radius 2 is 1.76 bits per heavy atom. The van der Waals surface area contributed by atoms with Gasteiger partial charge in [-0.05, 0) is 56.1 Å². The van der Waals surface area contributed by atoms with Gasteiger partial charge in [-0.15, -0.1) is 0 Å². The molecule has 150 valence electrons. The van der Waals surface area contributed by atoms with Crippen molar-refractivity contribution in [2.45, 2.75) is 39.3 Å².